The molecule has 1 aromatic rings. The first-order chi connectivity index (χ1) is 9.08. The summed E-state index contributed by atoms with van der Waals surface area (Å²) >= 11 is 0.795. The van der Waals surface area contributed by atoms with Gasteiger partial charge in [0.15, 0.2) is 0 Å². The van der Waals surface area contributed by atoms with Gasteiger partial charge in [0, 0.05) is 12.1 Å². The van der Waals surface area contributed by atoms with Crippen LogP contribution in [-0.4, -0.2) is 22.7 Å². The molecule has 0 saturated carbocycles. The molecular weight excluding hydrogens is 268 g/mol. The number of nitriles is 1. The lowest BCUT2D eigenvalue weighted by molar-refractivity contribution is -0.384. The summed E-state index contributed by atoms with van der Waals surface area (Å²) in [5.41, 5.74) is 0.581. The number of ether oxygens (including phenoxy) is 1. The number of nitro benzene ring substituents is 1. The molecule has 0 aromatic heterocycles. The van der Waals surface area contributed by atoms with Gasteiger partial charge in [0.2, 0.25) is 0 Å². The smallest absolute Gasteiger partial charge is 0.320 e. The maximum absolute atomic E-state index is 11.6. The predicted molar refractivity (Wildman–Crippen MR) is 70.4 cm³/mol. The summed E-state index contributed by atoms with van der Waals surface area (Å²) in [6, 6.07) is 5.99. The molecule has 1 atom stereocenters. The second-order valence-corrected chi connectivity index (χ2v) is 4.57. The van der Waals surface area contributed by atoms with Crippen LogP contribution < -0.4 is 0 Å². The Labute approximate surface area is 114 Å². The summed E-state index contributed by atoms with van der Waals surface area (Å²) in [4.78, 5) is 21.8. The maximum Gasteiger partial charge on any atom is 0.320 e. The van der Waals surface area contributed by atoms with E-state index in [0.29, 0.717) is 5.56 Å². The van der Waals surface area contributed by atoms with Crippen molar-refractivity contribution in [1.82, 2.24) is 0 Å². The Kier molecular flexibility index (Phi) is 5.82. The number of carbonyl (C=O) groups excluding carboxylic acids is 1. The van der Waals surface area contributed by atoms with Crippen LogP contribution in [0.25, 0.3) is 0 Å². The van der Waals surface area contributed by atoms with Crippen LogP contribution in [0.2, 0.25) is 0 Å². The van der Waals surface area contributed by atoms with E-state index in [2.05, 4.69) is 0 Å². The first kappa shape index (κ1) is 15.0. The van der Waals surface area contributed by atoms with Crippen molar-refractivity contribution in [2.45, 2.75) is 18.6 Å². The van der Waals surface area contributed by atoms with Crippen molar-refractivity contribution in [3.05, 3.63) is 39.9 Å². The molecule has 1 rings (SSSR count). The molecule has 0 amide bonds. The zero-order chi connectivity index (χ0) is 14.3. The summed E-state index contributed by atoms with van der Waals surface area (Å²) in [6.45, 7) is 1.91. The Bertz CT molecular complexity index is 513. The fraction of sp³-hybridized carbons (Fsp3) is 0.333. The highest BCUT2D eigenvalue weighted by Gasteiger charge is 2.22. The third-order valence-electron chi connectivity index (χ3n) is 2.29. The van der Waals surface area contributed by atoms with E-state index in [1.54, 1.807) is 19.1 Å². The van der Waals surface area contributed by atoms with E-state index in [1.165, 1.54) is 12.1 Å². The van der Waals surface area contributed by atoms with Crippen molar-refractivity contribution in [3.8, 4) is 5.40 Å². The normalized spacial score (nSPS) is 11.4. The van der Waals surface area contributed by atoms with Crippen LogP contribution in [-0.2, 0) is 16.0 Å². The molecular formula is C12H12N2O4S. The van der Waals surface area contributed by atoms with Gasteiger partial charge in [-0.25, -0.2) is 0 Å². The van der Waals surface area contributed by atoms with E-state index in [4.69, 9.17) is 10.00 Å². The lowest BCUT2D eigenvalue weighted by Gasteiger charge is -2.11. The molecule has 0 N–H and O–H groups in total. The summed E-state index contributed by atoms with van der Waals surface area (Å²) in [7, 11) is 0. The number of nitrogens with zero attached hydrogens (tertiary/aromatic N) is 2. The van der Waals surface area contributed by atoms with Gasteiger partial charge in [-0.15, -0.1) is 0 Å². The minimum Gasteiger partial charge on any atom is -0.465 e. The Balaban J connectivity index is 2.84. The molecule has 0 aliphatic carbocycles. The highest BCUT2D eigenvalue weighted by atomic mass is 32.2. The van der Waals surface area contributed by atoms with Gasteiger partial charge in [-0.3, -0.25) is 14.9 Å². The monoisotopic (exact) mass is 280 g/mol. The van der Waals surface area contributed by atoms with E-state index in [9.17, 15) is 14.9 Å². The molecule has 1 aromatic carbocycles. The van der Waals surface area contributed by atoms with Crippen LogP contribution in [0, 0.1) is 20.8 Å². The van der Waals surface area contributed by atoms with Crippen LogP contribution in [0.1, 0.15) is 12.5 Å². The molecule has 100 valence electrons. The number of thioether (sulfide) groups is 1. The van der Waals surface area contributed by atoms with Crippen molar-refractivity contribution >= 4 is 23.4 Å². The van der Waals surface area contributed by atoms with Crippen molar-refractivity contribution in [1.29, 1.82) is 5.26 Å². The third kappa shape index (κ3) is 4.60. The van der Waals surface area contributed by atoms with Crippen molar-refractivity contribution < 1.29 is 14.5 Å². The van der Waals surface area contributed by atoms with Gasteiger partial charge < -0.3 is 4.74 Å². The quantitative estimate of drug-likeness (QED) is 0.343. The van der Waals surface area contributed by atoms with Gasteiger partial charge in [-0.1, -0.05) is 12.1 Å². The van der Waals surface area contributed by atoms with Gasteiger partial charge in [-0.2, -0.15) is 5.26 Å². The SMILES string of the molecule is CCOC(=O)[C@H](Cc1cccc([N+](=O)[O-])c1)SC#N. The molecule has 7 heteroatoms. The van der Waals surface area contributed by atoms with Gasteiger partial charge in [0.1, 0.15) is 10.7 Å². The molecule has 0 radical (unpaired) electrons. The number of non-ortho nitro benzene ring substituents is 1. The minimum atomic E-state index is -0.674. The fourth-order valence-electron chi connectivity index (χ4n) is 1.48. The van der Waals surface area contributed by atoms with Gasteiger partial charge in [0.05, 0.1) is 11.5 Å². The van der Waals surface area contributed by atoms with Crippen LogP contribution in [0.4, 0.5) is 5.69 Å². The standard InChI is InChI=1S/C12H12N2O4S/c1-2-18-12(15)11(19-8-13)7-9-4-3-5-10(6-9)14(16)17/h3-6,11H,2,7H2,1H3/t11-/m0/s1. The summed E-state index contributed by atoms with van der Waals surface area (Å²) < 4.78 is 4.86. The fourth-order valence-corrected chi connectivity index (χ4v) is 2.05. The van der Waals surface area contributed by atoms with Gasteiger partial charge >= 0.3 is 5.97 Å². The van der Waals surface area contributed by atoms with E-state index in [-0.39, 0.29) is 18.7 Å². The number of thiocyanates is 1. The first-order valence-corrected chi connectivity index (χ1v) is 6.41. The van der Waals surface area contributed by atoms with Crippen LogP contribution >= 0.6 is 11.8 Å². The lowest BCUT2D eigenvalue weighted by Crippen LogP contribution is -2.22. The van der Waals surface area contributed by atoms with E-state index in [1.807, 2.05) is 5.40 Å². The number of rotatable bonds is 6. The highest BCUT2D eigenvalue weighted by Crippen LogP contribution is 2.20. The summed E-state index contributed by atoms with van der Waals surface area (Å²) in [6.07, 6.45) is 0.221. The lowest BCUT2D eigenvalue weighted by atomic mass is 10.1. The molecule has 0 spiro atoms. The number of hydrogen-bond acceptors (Lipinski definition) is 6. The topological polar surface area (TPSA) is 93.2 Å². The van der Waals surface area contributed by atoms with Crippen molar-refractivity contribution in [3.63, 3.8) is 0 Å². The van der Waals surface area contributed by atoms with Gasteiger partial charge in [0.25, 0.3) is 5.69 Å². The van der Waals surface area contributed by atoms with Crippen LogP contribution in [0.15, 0.2) is 24.3 Å². The van der Waals surface area contributed by atoms with E-state index < -0.39 is 16.1 Å². The Morgan fingerprint density at radius 2 is 2.37 bits per heavy atom. The molecule has 0 fully saturated rings. The van der Waals surface area contributed by atoms with Gasteiger partial charge in [-0.05, 0) is 30.7 Å². The van der Waals surface area contributed by atoms with Crippen molar-refractivity contribution in [2.24, 2.45) is 0 Å². The largest absolute Gasteiger partial charge is 0.465 e. The zero-order valence-corrected chi connectivity index (χ0v) is 11.1. The molecule has 0 aliphatic rings. The zero-order valence-electron chi connectivity index (χ0n) is 10.2. The Hall–Kier alpha value is -2.07. The molecule has 0 unspecified atom stereocenters. The molecule has 0 bridgehead atoms. The summed E-state index contributed by atoms with van der Waals surface area (Å²) in [5, 5.41) is 20.5. The molecule has 0 saturated heterocycles. The predicted octanol–water partition coefficient (Wildman–Crippen LogP) is 2.28. The third-order valence-corrected chi connectivity index (χ3v) is 3.04. The summed E-state index contributed by atoms with van der Waals surface area (Å²) in [5.74, 6) is -0.486. The number of benzene rings is 1. The van der Waals surface area contributed by atoms with Crippen molar-refractivity contribution in [2.75, 3.05) is 6.61 Å². The maximum atomic E-state index is 11.6. The first-order valence-electron chi connectivity index (χ1n) is 5.53. The second kappa shape index (κ2) is 7.38. The average molecular weight is 280 g/mol. The highest BCUT2D eigenvalue weighted by molar-refractivity contribution is 8.04. The minimum absolute atomic E-state index is 0.0398. The number of esters is 1. The molecule has 19 heavy (non-hydrogen) atoms. The molecule has 0 heterocycles. The molecule has 0 aliphatic heterocycles. The number of nitro groups is 1. The number of carbonyl (C=O) groups is 1. The van der Waals surface area contributed by atoms with E-state index >= 15 is 0 Å². The molecule has 6 nitrogen and oxygen atoms in total. The number of hydrogen-bond donors (Lipinski definition) is 0. The average Bonchev–Trinajstić information content (AvgIpc) is 2.39. The Morgan fingerprint density at radius 3 is 2.95 bits per heavy atom. The van der Waals surface area contributed by atoms with E-state index in [0.717, 1.165) is 11.8 Å². The van der Waals surface area contributed by atoms with Crippen LogP contribution in [0.3, 0.4) is 0 Å². The Morgan fingerprint density at radius 1 is 1.63 bits per heavy atom. The second-order valence-electron chi connectivity index (χ2n) is 3.58. The van der Waals surface area contributed by atoms with Crippen LogP contribution in [0.5, 0.6) is 0 Å².